The monoisotopic (exact) mass is 335 g/mol. The summed E-state index contributed by atoms with van der Waals surface area (Å²) in [6, 6.07) is 8.93. The Kier molecular flexibility index (Phi) is 4.80. The summed E-state index contributed by atoms with van der Waals surface area (Å²) in [7, 11) is 0. The van der Waals surface area contributed by atoms with Gasteiger partial charge in [0, 0.05) is 22.0 Å². The van der Waals surface area contributed by atoms with E-state index >= 15 is 0 Å². The fourth-order valence-corrected chi connectivity index (χ4v) is 2.46. The molecule has 0 fully saturated rings. The molecule has 0 unspecified atom stereocenters. The summed E-state index contributed by atoms with van der Waals surface area (Å²) in [5, 5.41) is 0.427. The Morgan fingerprint density at radius 2 is 1.74 bits per heavy atom. The number of nitrogens with zero attached hydrogens (tertiary/aromatic N) is 2. The van der Waals surface area contributed by atoms with Gasteiger partial charge in [0.15, 0.2) is 0 Å². The minimum absolute atomic E-state index is 0. The van der Waals surface area contributed by atoms with E-state index in [9.17, 15) is 8.78 Å². The van der Waals surface area contributed by atoms with Gasteiger partial charge in [0.05, 0.1) is 5.69 Å². The molecule has 1 heterocycles. The topological polar surface area (TPSA) is 51.8 Å². The van der Waals surface area contributed by atoms with Crippen LogP contribution < -0.4 is 5.73 Å². The number of nitrogens with two attached hydrogens (primary N) is 1. The Bertz CT molecular complexity index is 866. The largest absolute Gasteiger partial charge is 0.368 e. The number of hydrogen-bond acceptors (Lipinski definition) is 3. The fourth-order valence-electron chi connectivity index (χ4n) is 2.46. The highest BCUT2D eigenvalue weighted by molar-refractivity contribution is 5.96. The van der Waals surface area contributed by atoms with Crippen molar-refractivity contribution in [3.05, 3.63) is 53.7 Å². The van der Waals surface area contributed by atoms with Crippen LogP contribution in [0.3, 0.4) is 0 Å². The lowest BCUT2D eigenvalue weighted by Gasteiger charge is -2.11. The number of aromatic nitrogens is 2. The molecule has 6 heteroatoms. The maximum absolute atomic E-state index is 14.2. The Morgan fingerprint density at radius 3 is 2.43 bits per heavy atom. The van der Waals surface area contributed by atoms with Crippen molar-refractivity contribution in [2.75, 3.05) is 5.73 Å². The first-order valence-corrected chi connectivity index (χ1v) is 6.99. The van der Waals surface area contributed by atoms with Crippen LogP contribution in [0, 0.1) is 11.6 Å². The van der Waals surface area contributed by atoms with Crippen molar-refractivity contribution in [1.82, 2.24) is 9.97 Å². The predicted molar refractivity (Wildman–Crippen MR) is 90.6 cm³/mol. The third kappa shape index (κ3) is 3.10. The highest BCUT2D eigenvalue weighted by Crippen LogP contribution is 2.32. The van der Waals surface area contributed by atoms with Crippen molar-refractivity contribution in [3.63, 3.8) is 0 Å². The Morgan fingerprint density at radius 1 is 1.00 bits per heavy atom. The molecule has 120 valence electrons. The molecule has 23 heavy (non-hydrogen) atoms. The average molecular weight is 336 g/mol. The summed E-state index contributed by atoms with van der Waals surface area (Å²) in [4.78, 5) is 8.36. The molecule has 0 atom stereocenters. The number of rotatable bonds is 2. The number of halogens is 3. The fraction of sp³-hybridized carbons (Fsp3) is 0.176. The van der Waals surface area contributed by atoms with Gasteiger partial charge in [-0.15, -0.1) is 12.4 Å². The van der Waals surface area contributed by atoms with Crippen molar-refractivity contribution >= 4 is 29.1 Å². The molecule has 0 radical (unpaired) electrons. The second-order valence-corrected chi connectivity index (χ2v) is 5.45. The molecule has 0 amide bonds. The van der Waals surface area contributed by atoms with Crippen molar-refractivity contribution in [2.45, 2.75) is 19.8 Å². The molecule has 0 bridgehead atoms. The zero-order valence-corrected chi connectivity index (χ0v) is 13.5. The normalized spacial score (nSPS) is 10.8. The van der Waals surface area contributed by atoms with E-state index in [1.165, 1.54) is 24.3 Å². The maximum Gasteiger partial charge on any atom is 0.220 e. The van der Waals surface area contributed by atoms with Crippen molar-refractivity contribution in [1.29, 1.82) is 0 Å². The van der Waals surface area contributed by atoms with Gasteiger partial charge in [-0.3, -0.25) is 0 Å². The van der Waals surface area contributed by atoms with E-state index in [0.717, 1.165) is 5.69 Å². The first-order valence-electron chi connectivity index (χ1n) is 6.99. The Labute approximate surface area is 139 Å². The Balaban J connectivity index is 0.00000192. The van der Waals surface area contributed by atoms with Crippen molar-refractivity contribution in [3.8, 4) is 11.3 Å². The Hall–Kier alpha value is -2.27. The van der Waals surface area contributed by atoms with Gasteiger partial charge in [0.2, 0.25) is 5.95 Å². The summed E-state index contributed by atoms with van der Waals surface area (Å²) >= 11 is 0. The average Bonchev–Trinajstić information content (AvgIpc) is 2.48. The standard InChI is InChI=1S/C17H15F2N3.ClH/c1-9(2)14-8-15(22-17(20)21-14)11-6-7-12(18)10-4-3-5-13(19)16(10)11;/h3-9H,1-2H3,(H2,20,21,22);1H. The van der Waals surface area contributed by atoms with Gasteiger partial charge in [0.1, 0.15) is 11.6 Å². The van der Waals surface area contributed by atoms with Crippen LogP contribution in [0.2, 0.25) is 0 Å². The maximum atomic E-state index is 14.2. The lowest BCUT2D eigenvalue weighted by molar-refractivity contribution is 0.629. The van der Waals surface area contributed by atoms with Gasteiger partial charge in [-0.05, 0) is 30.2 Å². The number of fused-ring (bicyclic) bond motifs is 1. The molecule has 0 aliphatic rings. The smallest absolute Gasteiger partial charge is 0.220 e. The summed E-state index contributed by atoms with van der Waals surface area (Å²) in [5.41, 5.74) is 7.51. The molecule has 0 aliphatic heterocycles. The van der Waals surface area contributed by atoms with Crippen LogP contribution in [-0.2, 0) is 0 Å². The second kappa shape index (κ2) is 6.46. The second-order valence-electron chi connectivity index (χ2n) is 5.45. The summed E-state index contributed by atoms with van der Waals surface area (Å²) in [6.07, 6.45) is 0. The molecular weight excluding hydrogens is 320 g/mol. The van der Waals surface area contributed by atoms with Crippen LogP contribution in [0.25, 0.3) is 22.0 Å². The summed E-state index contributed by atoms with van der Waals surface area (Å²) in [6.45, 7) is 3.96. The van der Waals surface area contributed by atoms with E-state index in [4.69, 9.17) is 5.73 Å². The minimum atomic E-state index is -0.490. The van der Waals surface area contributed by atoms with E-state index in [-0.39, 0.29) is 35.0 Å². The van der Waals surface area contributed by atoms with Crippen molar-refractivity contribution in [2.24, 2.45) is 0 Å². The molecule has 3 aromatic rings. The quantitative estimate of drug-likeness (QED) is 0.738. The molecule has 3 nitrogen and oxygen atoms in total. The molecule has 0 saturated heterocycles. The van der Waals surface area contributed by atoms with E-state index < -0.39 is 11.6 Å². The lowest BCUT2D eigenvalue weighted by atomic mass is 9.99. The molecule has 3 rings (SSSR count). The van der Waals surface area contributed by atoms with Gasteiger partial charge < -0.3 is 5.73 Å². The summed E-state index contributed by atoms with van der Waals surface area (Å²) in [5.74, 6) is -0.685. The third-order valence-corrected chi connectivity index (χ3v) is 3.57. The van der Waals surface area contributed by atoms with E-state index in [1.54, 1.807) is 12.1 Å². The van der Waals surface area contributed by atoms with Gasteiger partial charge in [-0.1, -0.05) is 26.0 Å². The van der Waals surface area contributed by atoms with Crippen LogP contribution in [0.4, 0.5) is 14.7 Å². The first-order chi connectivity index (χ1) is 10.5. The number of nitrogen functional groups attached to an aromatic ring is 1. The zero-order valence-electron chi connectivity index (χ0n) is 12.7. The highest BCUT2D eigenvalue weighted by atomic mass is 35.5. The van der Waals surface area contributed by atoms with Crippen LogP contribution in [0.15, 0.2) is 36.4 Å². The SMILES string of the molecule is CC(C)c1cc(-c2ccc(F)c3cccc(F)c23)nc(N)n1.Cl. The highest BCUT2D eigenvalue weighted by Gasteiger charge is 2.15. The summed E-state index contributed by atoms with van der Waals surface area (Å²) < 4.78 is 28.2. The van der Waals surface area contributed by atoms with Crippen molar-refractivity contribution < 1.29 is 8.78 Å². The van der Waals surface area contributed by atoms with E-state index in [2.05, 4.69) is 9.97 Å². The molecule has 1 aromatic heterocycles. The van der Waals surface area contributed by atoms with Crippen LogP contribution >= 0.6 is 12.4 Å². The van der Waals surface area contributed by atoms with Gasteiger partial charge >= 0.3 is 0 Å². The third-order valence-electron chi connectivity index (χ3n) is 3.57. The predicted octanol–water partition coefficient (Wildman–Crippen LogP) is 4.70. The molecule has 2 N–H and O–H groups in total. The molecule has 2 aromatic carbocycles. The molecule has 0 aliphatic carbocycles. The number of anilines is 1. The minimum Gasteiger partial charge on any atom is -0.368 e. The molecular formula is C17H16ClF2N3. The zero-order chi connectivity index (χ0) is 15.9. The van der Waals surface area contributed by atoms with Gasteiger partial charge in [0.25, 0.3) is 0 Å². The van der Waals surface area contributed by atoms with Crippen LogP contribution in [-0.4, -0.2) is 9.97 Å². The van der Waals surface area contributed by atoms with Gasteiger partial charge in [-0.25, -0.2) is 18.7 Å². The number of benzene rings is 2. The lowest BCUT2D eigenvalue weighted by Crippen LogP contribution is -2.03. The van der Waals surface area contributed by atoms with E-state index in [0.29, 0.717) is 11.3 Å². The van der Waals surface area contributed by atoms with Crippen LogP contribution in [0.1, 0.15) is 25.5 Å². The number of hydrogen-bond donors (Lipinski definition) is 1. The van der Waals surface area contributed by atoms with Gasteiger partial charge in [-0.2, -0.15) is 0 Å². The van der Waals surface area contributed by atoms with E-state index in [1.807, 2.05) is 13.8 Å². The molecule has 0 spiro atoms. The first kappa shape index (κ1) is 17.1. The molecule has 0 saturated carbocycles. The van der Waals surface area contributed by atoms with Crippen LogP contribution in [0.5, 0.6) is 0 Å².